The second-order valence-corrected chi connectivity index (χ2v) is 8.37. The molecule has 2 aromatic carbocycles. The molecule has 2 heterocycles. The van der Waals surface area contributed by atoms with Gasteiger partial charge in [-0.25, -0.2) is 9.59 Å². The number of carbonyl (C=O) groups is 4. The Morgan fingerprint density at radius 1 is 0.971 bits per heavy atom. The number of rotatable bonds is 8. The number of piperazine rings is 1. The minimum absolute atomic E-state index is 0.000558. The first kappa shape index (κ1) is 24.2. The van der Waals surface area contributed by atoms with Gasteiger partial charge in [-0.3, -0.25) is 19.4 Å². The Hall–Kier alpha value is -3.98. The lowest BCUT2D eigenvalue weighted by atomic mass is 9.95. The minimum atomic E-state index is -0.711. The van der Waals surface area contributed by atoms with Crippen LogP contribution in [0.1, 0.15) is 24.1 Å². The van der Waals surface area contributed by atoms with Crippen molar-refractivity contribution in [1.82, 2.24) is 20.4 Å². The zero-order valence-electron chi connectivity index (χ0n) is 19.5. The van der Waals surface area contributed by atoms with Gasteiger partial charge in [0.2, 0.25) is 11.8 Å². The lowest BCUT2D eigenvalue weighted by Crippen LogP contribution is -2.56. The highest BCUT2D eigenvalue weighted by Gasteiger charge is 2.36. The van der Waals surface area contributed by atoms with Crippen molar-refractivity contribution in [2.45, 2.75) is 19.4 Å². The van der Waals surface area contributed by atoms with E-state index in [4.69, 9.17) is 4.74 Å². The standard InChI is InChI=1S/C26H28N4O5/c1-2-35-25(33)23-20(27-26(34)28-24(23)19-11-7-4-8-12-19)15-29-16-21(31)30(22(32)17-29)14-13-18-9-5-3-6-10-18/h3-12,24H,2,13-17H2,1H3,(H2,27,28,34)/t24-/m1/s1. The SMILES string of the molecule is CCOC(=O)C1=C(CN2CC(=O)N(CCc3ccccc3)C(=O)C2)NC(=O)N[C@@H]1c1ccccc1. The van der Waals surface area contributed by atoms with Gasteiger partial charge in [-0.2, -0.15) is 0 Å². The lowest BCUT2D eigenvalue weighted by molar-refractivity contribution is -0.151. The zero-order chi connectivity index (χ0) is 24.8. The molecule has 4 amide bonds. The van der Waals surface area contributed by atoms with Gasteiger partial charge in [0.15, 0.2) is 0 Å². The molecule has 0 spiro atoms. The molecule has 4 rings (SSSR count). The Kier molecular flexibility index (Phi) is 7.57. The summed E-state index contributed by atoms with van der Waals surface area (Å²) in [5.74, 6) is -1.19. The molecule has 0 aromatic heterocycles. The summed E-state index contributed by atoms with van der Waals surface area (Å²) in [4.78, 5) is 53.9. The van der Waals surface area contributed by atoms with Crippen molar-refractivity contribution in [1.29, 1.82) is 0 Å². The Labute approximate surface area is 203 Å². The van der Waals surface area contributed by atoms with E-state index >= 15 is 0 Å². The molecule has 35 heavy (non-hydrogen) atoms. The van der Waals surface area contributed by atoms with Crippen molar-refractivity contribution in [3.05, 3.63) is 83.1 Å². The summed E-state index contributed by atoms with van der Waals surface area (Å²) in [5.41, 5.74) is 2.34. The highest BCUT2D eigenvalue weighted by atomic mass is 16.5. The number of urea groups is 1. The molecule has 0 unspecified atom stereocenters. The van der Waals surface area contributed by atoms with Crippen molar-refractivity contribution < 1.29 is 23.9 Å². The molecule has 1 saturated heterocycles. The van der Waals surface area contributed by atoms with Crippen LogP contribution in [-0.2, 0) is 25.5 Å². The number of benzene rings is 2. The summed E-state index contributed by atoms with van der Waals surface area (Å²) in [6.07, 6.45) is 0.580. The molecule has 0 saturated carbocycles. The van der Waals surface area contributed by atoms with Gasteiger partial charge in [0, 0.05) is 18.8 Å². The molecule has 182 valence electrons. The quantitative estimate of drug-likeness (QED) is 0.444. The van der Waals surface area contributed by atoms with Crippen LogP contribution in [0.3, 0.4) is 0 Å². The second-order valence-electron chi connectivity index (χ2n) is 8.37. The minimum Gasteiger partial charge on any atom is -0.463 e. The number of carbonyl (C=O) groups excluding carboxylic acids is 4. The van der Waals surface area contributed by atoms with Crippen LogP contribution in [0.4, 0.5) is 4.79 Å². The van der Waals surface area contributed by atoms with Crippen LogP contribution >= 0.6 is 0 Å². The highest BCUT2D eigenvalue weighted by molar-refractivity contribution is 5.99. The summed E-state index contributed by atoms with van der Waals surface area (Å²) in [7, 11) is 0. The number of imide groups is 1. The van der Waals surface area contributed by atoms with Crippen LogP contribution in [0.5, 0.6) is 0 Å². The van der Waals surface area contributed by atoms with E-state index in [0.717, 1.165) is 11.1 Å². The topological polar surface area (TPSA) is 108 Å². The van der Waals surface area contributed by atoms with Gasteiger partial charge in [-0.1, -0.05) is 60.7 Å². The molecule has 2 aliphatic heterocycles. The van der Waals surface area contributed by atoms with E-state index in [-0.39, 0.29) is 43.6 Å². The van der Waals surface area contributed by atoms with E-state index in [2.05, 4.69) is 10.6 Å². The third-order valence-electron chi connectivity index (χ3n) is 5.95. The van der Waals surface area contributed by atoms with Gasteiger partial charge in [-0.15, -0.1) is 0 Å². The number of hydrogen-bond acceptors (Lipinski definition) is 6. The number of hydrogen-bond donors (Lipinski definition) is 2. The number of esters is 1. The van der Waals surface area contributed by atoms with Gasteiger partial charge < -0.3 is 15.4 Å². The van der Waals surface area contributed by atoms with Crippen molar-refractivity contribution in [3.63, 3.8) is 0 Å². The molecule has 2 aromatic rings. The first-order chi connectivity index (χ1) is 17.0. The van der Waals surface area contributed by atoms with Crippen LogP contribution in [0, 0.1) is 0 Å². The number of nitrogens with one attached hydrogen (secondary N) is 2. The summed E-state index contributed by atoms with van der Waals surface area (Å²) in [5, 5.41) is 5.47. The molecular formula is C26H28N4O5. The van der Waals surface area contributed by atoms with E-state index in [1.165, 1.54) is 4.90 Å². The highest BCUT2D eigenvalue weighted by Crippen LogP contribution is 2.28. The summed E-state index contributed by atoms with van der Waals surface area (Å²) in [6.45, 7) is 2.23. The Morgan fingerprint density at radius 3 is 2.23 bits per heavy atom. The monoisotopic (exact) mass is 476 g/mol. The van der Waals surface area contributed by atoms with Crippen molar-refractivity contribution in [2.24, 2.45) is 0 Å². The maximum atomic E-state index is 12.9. The predicted octanol–water partition coefficient (Wildman–Crippen LogP) is 1.77. The normalized spacial score (nSPS) is 18.8. The smallest absolute Gasteiger partial charge is 0.338 e. The van der Waals surface area contributed by atoms with E-state index in [9.17, 15) is 19.2 Å². The molecule has 9 nitrogen and oxygen atoms in total. The second kappa shape index (κ2) is 11.0. The third-order valence-corrected chi connectivity index (χ3v) is 5.95. The lowest BCUT2D eigenvalue weighted by Gasteiger charge is -2.35. The molecule has 1 fully saturated rings. The van der Waals surface area contributed by atoms with Crippen molar-refractivity contribution >= 4 is 23.8 Å². The molecule has 2 N–H and O–H groups in total. The Bertz CT molecular complexity index is 1110. The van der Waals surface area contributed by atoms with E-state index < -0.39 is 18.0 Å². The molecule has 0 bridgehead atoms. The maximum Gasteiger partial charge on any atom is 0.338 e. The first-order valence-corrected chi connectivity index (χ1v) is 11.6. The Balaban J connectivity index is 1.52. The van der Waals surface area contributed by atoms with Gasteiger partial charge >= 0.3 is 12.0 Å². The van der Waals surface area contributed by atoms with Crippen molar-refractivity contribution in [3.8, 4) is 0 Å². The Morgan fingerprint density at radius 2 is 1.60 bits per heavy atom. The molecule has 1 atom stereocenters. The van der Waals surface area contributed by atoms with Gasteiger partial charge in [0.05, 0.1) is 31.3 Å². The van der Waals surface area contributed by atoms with Gasteiger partial charge in [-0.05, 0) is 24.5 Å². The molecule has 0 aliphatic carbocycles. The van der Waals surface area contributed by atoms with Gasteiger partial charge in [0.1, 0.15) is 0 Å². The predicted molar refractivity (Wildman–Crippen MR) is 128 cm³/mol. The van der Waals surface area contributed by atoms with E-state index in [1.54, 1.807) is 11.8 Å². The third kappa shape index (κ3) is 5.75. The molecule has 2 aliphatic rings. The van der Waals surface area contributed by atoms with Crippen LogP contribution < -0.4 is 10.6 Å². The average molecular weight is 477 g/mol. The maximum absolute atomic E-state index is 12.9. The molecule has 0 radical (unpaired) electrons. The van der Waals surface area contributed by atoms with Crippen LogP contribution in [-0.4, -0.2) is 66.4 Å². The number of nitrogens with zero attached hydrogens (tertiary/aromatic N) is 2. The fourth-order valence-electron chi connectivity index (χ4n) is 4.31. The fourth-order valence-corrected chi connectivity index (χ4v) is 4.31. The van der Waals surface area contributed by atoms with Crippen molar-refractivity contribution in [2.75, 3.05) is 32.8 Å². The van der Waals surface area contributed by atoms with Crippen LogP contribution in [0.2, 0.25) is 0 Å². The van der Waals surface area contributed by atoms with E-state index in [0.29, 0.717) is 18.7 Å². The van der Waals surface area contributed by atoms with Crippen LogP contribution in [0.25, 0.3) is 0 Å². The number of amides is 4. The zero-order valence-corrected chi connectivity index (χ0v) is 19.5. The first-order valence-electron chi connectivity index (χ1n) is 11.6. The molecular weight excluding hydrogens is 448 g/mol. The largest absolute Gasteiger partial charge is 0.463 e. The summed E-state index contributed by atoms with van der Waals surface area (Å²) in [6, 6.07) is 17.6. The van der Waals surface area contributed by atoms with Gasteiger partial charge in [0.25, 0.3) is 0 Å². The summed E-state index contributed by atoms with van der Waals surface area (Å²) < 4.78 is 5.27. The summed E-state index contributed by atoms with van der Waals surface area (Å²) >= 11 is 0. The average Bonchev–Trinajstić information content (AvgIpc) is 2.84. The molecule has 9 heteroatoms. The fraction of sp³-hybridized carbons (Fsp3) is 0.308. The van der Waals surface area contributed by atoms with Crippen LogP contribution in [0.15, 0.2) is 71.9 Å². The van der Waals surface area contributed by atoms with E-state index in [1.807, 2.05) is 60.7 Å². The number of ether oxygens (including phenoxy) is 1.